The van der Waals surface area contributed by atoms with Gasteiger partial charge in [0.15, 0.2) is 6.61 Å². The first-order valence-corrected chi connectivity index (χ1v) is 8.68. The Morgan fingerprint density at radius 1 is 1.12 bits per heavy atom. The van der Waals surface area contributed by atoms with Gasteiger partial charge < -0.3 is 19.7 Å². The number of methoxy groups -OCH3 is 1. The number of nitrogens with zero attached hydrogens (tertiary/aromatic N) is 1. The van der Waals surface area contributed by atoms with Crippen molar-refractivity contribution in [3.8, 4) is 11.5 Å². The van der Waals surface area contributed by atoms with Crippen LogP contribution in [0.25, 0.3) is 0 Å². The zero-order valence-corrected chi connectivity index (χ0v) is 16.2. The van der Waals surface area contributed by atoms with Crippen LogP contribution in [0.3, 0.4) is 0 Å². The van der Waals surface area contributed by atoms with Gasteiger partial charge in [0.25, 0.3) is 5.91 Å². The molecule has 0 spiro atoms. The Hall–Kier alpha value is -2.53. The van der Waals surface area contributed by atoms with Crippen molar-refractivity contribution in [1.29, 1.82) is 0 Å². The van der Waals surface area contributed by atoms with E-state index in [2.05, 4.69) is 10.2 Å². The third-order valence-electron chi connectivity index (χ3n) is 4.46. The van der Waals surface area contributed by atoms with Crippen molar-refractivity contribution >= 4 is 5.91 Å². The normalized spacial score (nSPS) is 11.9. The fraction of sp³-hybridized carbons (Fsp3) is 0.381. The zero-order valence-electron chi connectivity index (χ0n) is 16.2. The van der Waals surface area contributed by atoms with E-state index in [-0.39, 0.29) is 18.6 Å². The molecule has 0 fully saturated rings. The summed E-state index contributed by atoms with van der Waals surface area (Å²) in [5.41, 5.74) is 3.38. The SMILES string of the molecule is COc1ccccc1[C@H](CNC(=O)COc1ccc(C)c(C)c1)N(C)C. The Bertz CT molecular complexity index is 744. The van der Waals surface area contributed by atoms with Crippen LogP contribution in [0.5, 0.6) is 11.5 Å². The second-order valence-corrected chi connectivity index (χ2v) is 6.56. The standard InChI is InChI=1S/C21H28N2O3/c1-15-10-11-17(12-16(15)2)26-14-21(24)22-13-19(23(3)4)18-8-6-7-9-20(18)25-5/h6-12,19H,13-14H2,1-5H3,(H,22,24)/t19-/m0/s1. The number of benzene rings is 2. The minimum atomic E-state index is -0.148. The number of likely N-dealkylation sites (N-methyl/N-ethyl adjacent to an activating group) is 1. The molecule has 0 bridgehead atoms. The topological polar surface area (TPSA) is 50.8 Å². The number of ether oxygens (including phenoxy) is 2. The molecule has 0 aliphatic carbocycles. The first kappa shape index (κ1) is 19.8. The zero-order chi connectivity index (χ0) is 19.1. The van der Waals surface area contributed by atoms with Crippen LogP contribution in [0.1, 0.15) is 22.7 Å². The molecule has 1 N–H and O–H groups in total. The minimum Gasteiger partial charge on any atom is -0.496 e. The molecule has 0 aliphatic rings. The predicted octanol–water partition coefficient (Wildman–Crippen LogP) is 3.11. The third-order valence-corrected chi connectivity index (χ3v) is 4.46. The molecule has 0 aliphatic heterocycles. The Kier molecular flexibility index (Phi) is 7.04. The summed E-state index contributed by atoms with van der Waals surface area (Å²) in [5.74, 6) is 1.37. The van der Waals surface area contributed by atoms with Crippen LogP contribution < -0.4 is 14.8 Å². The number of hydrogen-bond acceptors (Lipinski definition) is 4. The van der Waals surface area contributed by atoms with Gasteiger partial charge in [-0.25, -0.2) is 0 Å². The van der Waals surface area contributed by atoms with E-state index in [9.17, 15) is 4.79 Å². The second-order valence-electron chi connectivity index (χ2n) is 6.56. The Morgan fingerprint density at radius 3 is 2.50 bits per heavy atom. The molecule has 5 heteroatoms. The molecule has 0 saturated carbocycles. The average molecular weight is 356 g/mol. The first-order valence-electron chi connectivity index (χ1n) is 8.68. The van der Waals surface area contributed by atoms with Crippen molar-refractivity contribution in [3.63, 3.8) is 0 Å². The number of nitrogens with one attached hydrogen (secondary N) is 1. The summed E-state index contributed by atoms with van der Waals surface area (Å²) in [5, 5.41) is 2.95. The highest BCUT2D eigenvalue weighted by molar-refractivity contribution is 5.77. The molecule has 0 saturated heterocycles. The molecule has 2 aromatic rings. The fourth-order valence-corrected chi connectivity index (χ4v) is 2.73. The maximum Gasteiger partial charge on any atom is 0.258 e. The van der Waals surface area contributed by atoms with Gasteiger partial charge in [0, 0.05) is 12.1 Å². The Balaban J connectivity index is 1.94. The fourth-order valence-electron chi connectivity index (χ4n) is 2.73. The minimum absolute atomic E-state index is 0.00538. The molecule has 2 rings (SSSR count). The summed E-state index contributed by atoms with van der Waals surface area (Å²) in [6.45, 7) is 4.54. The molecule has 0 unspecified atom stereocenters. The quantitative estimate of drug-likeness (QED) is 0.790. The van der Waals surface area contributed by atoms with E-state index < -0.39 is 0 Å². The van der Waals surface area contributed by atoms with Crippen molar-refractivity contribution in [2.45, 2.75) is 19.9 Å². The molecule has 26 heavy (non-hydrogen) atoms. The average Bonchev–Trinajstić information content (AvgIpc) is 2.63. The lowest BCUT2D eigenvalue weighted by molar-refractivity contribution is -0.123. The predicted molar refractivity (Wildman–Crippen MR) is 104 cm³/mol. The van der Waals surface area contributed by atoms with Gasteiger partial charge in [-0.2, -0.15) is 0 Å². The van der Waals surface area contributed by atoms with Crippen molar-refractivity contribution in [2.75, 3.05) is 34.4 Å². The van der Waals surface area contributed by atoms with Crippen LogP contribution in [-0.4, -0.2) is 45.2 Å². The number of amides is 1. The van der Waals surface area contributed by atoms with Crippen molar-refractivity contribution < 1.29 is 14.3 Å². The highest BCUT2D eigenvalue weighted by atomic mass is 16.5. The van der Waals surface area contributed by atoms with Gasteiger partial charge in [-0.05, 0) is 57.3 Å². The van der Waals surface area contributed by atoms with E-state index in [1.54, 1.807) is 7.11 Å². The van der Waals surface area contributed by atoms with Gasteiger partial charge in [-0.1, -0.05) is 24.3 Å². The van der Waals surface area contributed by atoms with Gasteiger partial charge in [-0.15, -0.1) is 0 Å². The molecule has 1 amide bonds. The lowest BCUT2D eigenvalue weighted by Crippen LogP contribution is -2.37. The van der Waals surface area contributed by atoms with Crippen LogP contribution in [-0.2, 0) is 4.79 Å². The first-order chi connectivity index (χ1) is 12.4. The van der Waals surface area contributed by atoms with Crippen LogP contribution >= 0.6 is 0 Å². The van der Waals surface area contributed by atoms with Crippen LogP contribution in [0.4, 0.5) is 0 Å². The number of aryl methyl sites for hydroxylation is 2. The summed E-state index contributed by atoms with van der Waals surface area (Å²) in [6.07, 6.45) is 0. The van der Waals surface area contributed by atoms with Gasteiger partial charge >= 0.3 is 0 Å². The highest BCUT2D eigenvalue weighted by Crippen LogP contribution is 2.27. The molecule has 0 heterocycles. The van der Waals surface area contributed by atoms with E-state index in [1.807, 2.05) is 70.4 Å². The van der Waals surface area contributed by atoms with Crippen molar-refractivity contribution in [3.05, 3.63) is 59.2 Å². The number of hydrogen-bond donors (Lipinski definition) is 1. The summed E-state index contributed by atoms with van der Waals surface area (Å²) in [4.78, 5) is 14.3. The highest BCUT2D eigenvalue weighted by Gasteiger charge is 2.19. The monoisotopic (exact) mass is 356 g/mol. The van der Waals surface area contributed by atoms with Gasteiger partial charge in [0.2, 0.25) is 0 Å². The largest absolute Gasteiger partial charge is 0.496 e. The molecule has 0 aromatic heterocycles. The van der Waals surface area contributed by atoms with E-state index in [1.165, 1.54) is 5.56 Å². The smallest absolute Gasteiger partial charge is 0.258 e. The number of carbonyl (C=O) groups excluding carboxylic acids is 1. The Morgan fingerprint density at radius 2 is 1.85 bits per heavy atom. The number of rotatable bonds is 8. The number of carbonyl (C=O) groups is 1. The van der Waals surface area contributed by atoms with E-state index in [4.69, 9.17) is 9.47 Å². The summed E-state index contributed by atoms with van der Waals surface area (Å²) < 4.78 is 11.0. The molecular weight excluding hydrogens is 328 g/mol. The Labute approximate surface area is 155 Å². The molecule has 1 atom stereocenters. The van der Waals surface area contributed by atoms with Crippen LogP contribution in [0, 0.1) is 13.8 Å². The lowest BCUT2D eigenvalue weighted by atomic mass is 10.0. The maximum atomic E-state index is 12.2. The third kappa shape index (κ3) is 5.23. The van der Waals surface area contributed by atoms with E-state index in [0.29, 0.717) is 12.3 Å². The molecule has 140 valence electrons. The summed E-state index contributed by atoms with van der Waals surface area (Å²) in [6, 6.07) is 13.7. The molecule has 0 radical (unpaired) electrons. The molecular formula is C21H28N2O3. The number of para-hydroxylation sites is 1. The van der Waals surface area contributed by atoms with Gasteiger partial charge in [0.1, 0.15) is 11.5 Å². The lowest BCUT2D eigenvalue weighted by Gasteiger charge is -2.26. The molecule has 5 nitrogen and oxygen atoms in total. The van der Waals surface area contributed by atoms with Crippen LogP contribution in [0.2, 0.25) is 0 Å². The van der Waals surface area contributed by atoms with Gasteiger partial charge in [0.05, 0.1) is 13.2 Å². The van der Waals surface area contributed by atoms with Crippen LogP contribution in [0.15, 0.2) is 42.5 Å². The summed E-state index contributed by atoms with van der Waals surface area (Å²) >= 11 is 0. The van der Waals surface area contributed by atoms with E-state index in [0.717, 1.165) is 16.9 Å². The van der Waals surface area contributed by atoms with Crippen molar-refractivity contribution in [1.82, 2.24) is 10.2 Å². The van der Waals surface area contributed by atoms with Crippen molar-refractivity contribution in [2.24, 2.45) is 0 Å². The van der Waals surface area contributed by atoms with Gasteiger partial charge in [-0.3, -0.25) is 4.79 Å². The maximum absolute atomic E-state index is 12.2. The molecule has 2 aromatic carbocycles. The second kappa shape index (κ2) is 9.25. The summed E-state index contributed by atoms with van der Waals surface area (Å²) in [7, 11) is 5.62. The van der Waals surface area contributed by atoms with E-state index >= 15 is 0 Å².